The maximum absolute atomic E-state index is 11.3. The molecule has 0 amide bonds. The predicted molar refractivity (Wildman–Crippen MR) is 104 cm³/mol. The van der Waals surface area contributed by atoms with Gasteiger partial charge in [0.05, 0.1) is 38.5 Å². The van der Waals surface area contributed by atoms with Crippen molar-refractivity contribution >= 4 is 22.4 Å². The zero-order chi connectivity index (χ0) is 19.2. The predicted octanol–water partition coefficient (Wildman–Crippen LogP) is 3.07. The van der Waals surface area contributed by atoms with Crippen LogP contribution in [-0.2, 0) is 16.0 Å². The molecule has 3 rings (SSSR count). The number of carbonyl (C=O) groups is 1. The number of carboxylic acids is 1. The van der Waals surface area contributed by atoms with Crippen molar-refractivity contribution in [3.05, 3.63) is 23.1 Å². The summed E-state index contributed by atoms with van der Waals surface area (Å²) in [4.78, 5) is 19.0. The number of aromatic nitrogens is 1. The van der Waals surface area contributed by atoms with Gasteiger partial charge in [0.1, 0.15) is 0 Å². The SMILES string of the molecule is CCOc1ccc(-c2nc(N3CCOCC3)sc2CC(=O)O)cc1OCC. The Morgan fingerprint density at radius 1 is 1.22 bits per heavy atom. The van der Waals surface area contributed by atoms with Gasteiger partial charge in [0.15, 0.2) is 16.6 Å². The van der Waals surface area contributed by atoms with Gasteiger partial charge in [0.2, 0.25) is 0 Å². The van der Waals surface area contributed by atoms with Crippen LogP contribution in [-0.4, -0.2) is 55.6 Å². The van der Waals surface area contributed by atoms with Gasteiger partial charge >= 0.3 is 5.97 Å². The van der Waals surface area contributed by atoms with Crippen molar-refractivity contribution in [3.63, 3.8) is 0 Å². The average molecular weight is 392 g/mol. The summed E-state index contributed by atoms with van der Waals surface area (Å²) in [5.41, 5.74) is 1.52. The maximum atomic E-state index is 11.3. The number of anilines is 1. The third kappa shape index (κ3) is 4.70. The molecule has 0 aliphatic carbocycles. The Hall–Kier alpha value is -2.32. The second-order valence-electron chi connectivity index (χ2n) is 5.97. The first kappa shape index (κ1) is 19.4. The van der Waals surface area contributed by atoms with Crippen LogP contribution in [0.1, 0.15) is 18.7 Å². The molecule has 1 aliphatic heterocycles. The molecule has 0 radical (unpaired) electrons. The Labute approximate surface area is 162 Å². The Morgan fingerprint density at radius 3 is 2.59 bits per heavy atom. The molecule has 2 aromatic rings. The van der Waals surface area contributed by atoms with E-state index in [0.717, 1.165) is 28.7 Å². The summed E-state index contributed by atoms with van der Waals surface area (Å²) >= 11 is 1.43. The zero-order valence-corrected chi connectivity index (χ0v) is 16.4. The molecule has 1 saturated heterocycles. The largest absolute Gasteiger partial charge is 0.490 e. The number of rotatable bonds is 8. The van der Waals surface area contributed by atoms with Crippen molar-refractivity contribution in [2.75, 3.05) is 44.4 Å². The lowest BCUT2D eigenvalue weighted by atomic mass is 10.1. The molecular formula is C19H24N2O5S. The first-order chi connectivity index (χ1) is 13.1. The molecule has 1 aromatic heterocycles. The fraction of sp³-hybridized carbons (Fsp3) is 0.474. The van der Waals surface area contributed by atoms with E-state index in [2.05, 4.69) is 4.90 Å². The standard InChI is InChI=1S/C19H24N2O5S/c1-3-25-14-6-5-13(11-15(14)26-4-2)18-16(12-17(22)23)27-19(20-18)21-7-9-24-10-8-21/h5-6,11H,3-4,7-10,12H2,1-2H3,(H,22,23). The Bertz CT molecular complexity index is 786. The van der Waals surface area contributed by atoms with Gasteiger partial charge in [-0.15, -0.1) is 11.3 Å². The molecule has 0 spiro atoms. The molecule has 2 heterocycles. The van der Waals surface area contributed by atoms with Gasteiger partial charge in [0, 0.05) is 23.5 Å². The molecule has 1 fully saturated rings. The summed E-state index contributed by atoms with van der Waals surface area (Å²) in [7, 11) is 0. The van der Waals surface area contributed by atoms with E-state index in [1.807, 2.05) is 32.0 Å². The lowest BCUT2D eigenvalue weighted by molar-refractivity contribution is -0.136. The number of thiazole rings is 1. The van der Waals surface area contributed by atoms with Crippen molar-refractivity contribution in [3.8, 4) is 22.8 Å². The van der Waals surface area contributed by atoms with Gasteiger partial charge in [-0.1, -0.05) is 0 Å². The van der Waals surface area contributed by atoms with Crippen molar-refractivity contribution in [2.24, 2.45) is 0 Å². The van der Waals surface area contributed by atoms with Gasteiger partial charge < -0.3 is 24.2 Å². The number of morpholine rings is 1. The van der Waals surface area contributed by atoms with Crippen LogP contribution in [0.25, 0.3) is 11.3 Å². The van der Waals surface area contributed by atoms with E-state index >= 15 is 0 Å². The first-order valence-corrected chi connectivity index (χ1v) is 9.88. The summed E-state index contributed by atoms with van der Waals surface area (Å²) in [6.45, 7) is 7.71. The lowest BCUT2D eigenvalue weighted by Crippen LogP contribution is -2.36. The minimum absolute atomic E-state index is 0.0610. The van der Waals surface area contributed by atoms with Crippen LogP contribution in [0, 0.1) is 0 Å². The van der Waals surface area contributed by atoms with Crippen LogP contribution in [0.5, 0.6) is 11.5 Å². The molecule has 8 heteroatoms. The third-order valence-corrected chi connectivity index (χ3v) is 5.21. The van der Waals surface area contributed by atoms with Crippen LogP contribution in [0.2, 0.25) is 0 Å². The zero-order valence-electron chi connectivity index (χ0n) is 15.6. The van der Waals surface area contributed by atoms with Crippen LogP contribution in [0.4, 0.5) is 5.13 Å². The molecular weight excluding hydrogens is 368 g/mol. The molecule has 146 valence electrons. The summed E-state index contributed by atoms with van der Waals surface area (Å²) < 4.78 is 16.7. The molecule has 0 atom stereocenters. The van der Waals surface area contributed by atoms with Crippen LogP contribution in [0.15, 0.2) is 18.2 Å². The molecule has 0 saturated carbocycles. The number of ether oxygens (including phenoxy) is 3. The Kier molecular flexibility index (Phi) is 6.52. The van der Waals surface area contributed by atoms with Gasteiger partial charge in [-0.3, -0.25) is 4.79 Å². The smallest absolute Gasteiger partial charge is 0.308 e. The number of aliphatic carboxylic acids is 1. The number of carboxylic acid groups (broad SMARTS) is 1. The fourth-order valence-corrected chi connectivity index (χ4v) is 4.04. The summed E-state index contributed by atoms with van der Waals surface area (Å²) in [6.07, 6.45) is -0.0610. The van der Waals surface area contributed by atoms with E-state index in [1.165, 1.54) is 11.3 Å². The van der Waals surface area contributed by atoms with E-state index in [4.69, 9.17) is 19.2 Å². The highest BCUT2D eigenvalue weighted by atomic mass is 32.1. The van der Waals surface area contributed by atoms with Gasteiger partial charge in [-0.05, 0) is 32.0 Å². The van der Waals surface area contributed by atoms with Crippen molar-refractivity contribution in [1.29, 1.82) is 0 Å². The molecule has 7 nitrogen and oxygen atoms in total. The van der Waals surface area contributed by atoms with Crippen LogP contribution >= 0.6 is 11.3 Å². The molecule has 1 N–H and O–H groups in total. The van der Waals surface area contributed by atoms with E-state index in [9.17, 15) is 9.90 Å². The second-order valence-corrected chi connectivity index (χ2v) is 7.03. The fourth-order valence-electron chi connectivity index (χ4n) is 2.91. The second kappa shape index (κ2) is 9.05. The number of hydrogen-bond acceptors (Lipinski definition) is 7. The van der Waals surface area contributed by atoms with E-state index < -0.39 is 5.97 Å². The Morgan fingerprint density at radius 2 is 1.93 bits per heavy atom. The molecule has 1 aliphatic rings. The molecule has 1 aromatic carbocycles. The van der Waals surface area contributed by atoms with E-state index in [-0.39, 0.29) is 6.42 Å². The van der Waals surface area contributed by atoms with Crippen molar-refractivity contribution < 1.29 is 24.1 Å². The maximum Gasteiger partial charge on any atom is 0.308 e. The number of nitrogens with zero attached hydrogens (tertiary/aromatic N) is 2. The average Bonchev–Trinajstić information content (AvgIpc) is 3.07. The first-order valence-electron chi connectivity index (χ1n) is 9.06. The number of hydrogen-bond donors (Lipinski definition) is 1. The summed E-state index contributed by atoms with van der Waals surface area (Å²) in [5, 5.41) is 10.1. The van der Waals surface area contributed by atoms with Crippen LogP contribution in [0.3, 0.4) is 0 Å². The quantitative estimate of drug-likeness (QED) is 0.739. The molecule has 0 unspecified atom stereocenters. The van der Waals surface area contributed by atoms with Gasteiger partial charge in [-0.2, -0.15) is 0 Å². The lowest BCUT2D eigenvalue weighted by Gasteiger charge is -2.26. The summed E-state index contributed by atoms with van der Waals surface area (Å²) in [6, 6.07) is 5.62. The Balaban J connectivity index is 1.99. The van der Waals surface area contributed by atoms with Crippen LogP contribution < -0.4 is 14.4 Å². The molecule has 27 heavy (non-hydrogen) atoms. The normalized spacial score (nSPS) is 14.2. The van der Waals surface area contributed by atoms with E-state index in [0.29, 0.717) is 43.6 Å². The van der Waals surface area contributed by atoms with E-state index in [1.54, 1.807) is 0 Å². The van der Waals surface area contributed by atoms with Gasteiger partial charge in [0.25, 0.3) is 0 Å². The highest BCUT2D eigenvalue weighted by Crippen LogP contribution is 2.38. The highest BCUT2D eigenvalue weighted by molar-refractivity contribution is 7.16. The highest BCUT2D eigenvalue weighted by Gasteiger charge is 2.21. The molecule has 0 bridgehead atoms. The topological polar surface area (TPSA) is 81.1 Å². The van der Waals surface area contributed by atoms with Crippen molar-refractivity contribution in [1.82, 2.24) is 4.98 Å². The van der Waals surface area contributed by atoms with Gasteiger partial charge in [-0.25, -0.2) is 4.98 Å². The van der Waals surface area contributed by atoms with Crippen molar-refractivity contribution in [2.45, 2.75) is 20.3 Å². The third-order valence-electron chi connectivity index (χ3n) is 4.10. The summed E-state index contributed by atoms with van der Waals surface area (Å²) in [5.74, 6) is 0.440. The number of benzene rings is 1. The minimum Gasteiger partial charge on any atom is -0.490 e. The minimum atomic E-state index is -0.871. The monoisotopic (exact) mass is 392 g/mol.